The first-order valence-corrected chi connectivity index (χ1v) is 11.4. The van der Waals surface area contributed by atoms with Gasteiger partial charge in [-0.3, -0.25) is 19.5 Å². The quantitative estimate of drug-likeness (QED) is 0.324. The third-order valence-electron chi connectivity index (χ3n) is 5.25. The zero-order valence-corrected chi connectivity index (χ0v) is 18.5. The Balaban J connectivity index is 1.55. The predicted octanol–water partition coefficient (Wildman–Crippen LogP) is 4.29. The van der Waals surface area contributed by atoms with Crippen molar-refractivity contribution >= 4 is 35.0 Å². The lowest BCUT2D eigenvalue weighted by atomic mass is 10.1. The van der Waals surface area contributed by atoms with Gasteiger partial charge in [0.2, 0.25) is 11.9 Å². The predicted molar refractivity (Wildman–Crippen MR) is 124 cm³/mol. The van der Waals surface area contributed by atoms with Gasteiger partial charge in [0.05, 0.1) is 15.9 Å². The Labute approximate surface area is 190 Å². The fraction of sp³-hybridized carbons (Fsp3) is 0.318. The minimum atomic E-state index is -0.491. The molecule has 1 atom stereocenters. The largest absolute Gasteiger partial charge is 0.341 e. The van der Waals surface area contributed by atoms with Crippen molar-refractivity contribution in [3.05, 3.63) is 64.7 Å². The van der Waals surface area contributed by atoms with Crippen molar-refractivity contribution in [2.45, 2.75) is 36.6 Å². The van der Waals surface area contributed by atoms with Crippen molar-refractivity contribution < 1.29 is 9.72 Å². The average Bonchev–Trinajstić information content (AvgIpc) is 3.23. The van der Waals surface area contributed by atoms with Crippen LogP contribution in [0.3, 0.4) is 0 Å². The summed E-state index contributed by atoms with van der Waals surface area (Å²) in [7, 11) is 0. The van der Waals surface area contributed by atoms with E-state index in [4.69, 9.17) is 0 Å². The number of nitro benzene ring substituents is 1. The van der Waals surface area contributed by atoms with Gasteiger partial charge in [0.1, 0.15) is 0 Å². The van der Waals surface area contributed by atoms with Crippen molar-refractivity contribution in [3.63, 3.8) is 0 Å². The maximum Gasteiger partial charge on any atom is 0.271 e. The number of para-hydroxylation sites is 1. The lowest BCUT2D eigenvalue weighted by Gasteiger charge is -2.28. The van der Waals surface area contributed by atoms with E-state index in [2.05, 4.69) is 20.4 Å². The van der Waals surface area contributed by atoms with E-state index in [0.717, 1.165) is 37.6 Å². The summed E-state index contributed by atoms with van der Waals surface area (Å²) in [6.45, 7) is 3.64. The normalized spacial score (nSPS) is 14.7. The van der Waals surface area contributed by atoms with Crippen molar-refractivity contribution in [1.82, 2.24) is 14.8 Å². The second-order valence-corrected chi connectivity index (χ2v) is 8.87. The Morgan fingerprint density at radius 1 is 1.09 bits per heavy atom. The molecule has 32 heavy (non-hydrogen) atoms. The van der Waals surface area contributed by atoms with Gasteiger partial charge < -0.3 is 10.2 Å². The first kappa shape index (κ1) is 21.8. The molecule has 2 aromatic carbocycles. The molecule has 1 fully saturated rings. The van der Waals surface area contributed by atoms with Gasteiger partial charge >= 0.3 is 0 Å². The molecule has 9 nitrogen and oxygen atoms in total. The Morgan fingerprint density at radius 2 is 1.84 bits per heavy atom. The Morgan fingerprint density at radius 3 is 2.56 bits per heavy atom. The number of nitrogens with zero attached hydrogens (tertiary/aromatic N) is 5. The lowest BCUT2D eigenvalue weighted by molar-refractivity contribution is -0.384. The summed E-state index contributed by atoms with van der Waals surface area (Å²) in [6.07, 6.45) is 3.45. The summed E-state index contributed by atoms with van der Waals surface area (Å²) in [5, 5.41) is 22.7. The van der Waals surface area contributed by atoms with Crippen LogP contribution >= 0.6 is 11.8 Å². The molecule has 3 aromatic rings. The van der Waals surface area contributed by atoms with Crippen molar-refractivity contribution in [2.24, 2.45) is 0 Å². The summed E-state index contributed by atoms with van der Waals surface area (Å²) in [5.74, 6) is 0.516. The summed E-state index contributed by atoms with van der Waals surface area (Å²) in [6, 6.07) is 15.8. The van der Waals surface area contributed by atoms with Gasteiger partial charge in [-0.15, -0.1) is 10.2 Å². The standard InChI is InChI=1S/C22H24N6O3S/c1-16(20(29)23-17-9-8-12-19(15-17)28(30)31)32-22-25-24-21(26-13-6-3-7-14-26)27(22)18-10-4-2-5-11-18/h2,4-5,8-12,15-16H,3,6-7,13-14H2,1H3,(H,23,29). The molecule has 2 heterocycles. The Bertz CT molecular complexity index is 1100. The van der Waals surface area contributed by atoms with Crippen LogP contribution in [0, 0.1) is 10.1 Å². The summed E-state index contributed by atoms with van der Waals surface area (Å²) in [4.78, 5) is 25.5. The van der Waals surface area contributed by atoms with Crippen molar-refractivity contribution in [3.8, 4) is 5.69 Å². The van der Waals surface area contributed by atoms with Crippen LogP contribution in [-0.4, -0.2) is 43.9 Å². The first-order chi connectivity index (χ1) is 15.5. The van der Waals surface area contributed by atoms with E-state index in [1.54, 1.807) is 19.1 Å². The second-order valence-electron chi connectivity index (χ2n) is 7.56. The molecule has 10 heteroatoms. The van der Waals surface area contributed by atoms with Gasteiger partial charge in [-0.2, -0.15) is 0 Å². The van der Waals surface area contributed by atoms with Gasteiger partial charge in [-0.25, -0.2) is 0 Å². The number of hydrogen-bond acceptors (Lipinski definition) is 7. The number of carbonyl (C=O) groups excluding carboxylic acids is 1. The van der Waals surface area contributed by atoms with E-state index < -0.39 is 10.2 Å². The fourth-order valence-corrected chi connectivity index (χ4v) is 4.46. The fourth-order valence-electron chi connectivity index (χ4n) is 3.59. The summed E-state index contributed by atoms with van der Waals surface area (Å²) in [5.41, 5.74) is 1.25. The molecule has 1 amide bonds. The maximum absolute atomic E-state index is 12.8. The molecular weight excluding hydrogens is 428 g/mol. The van der Waals surface area contributed by atoms with E-state index in [1.165, 1.54) is 30.3 Å². The van der Waals surface area contributed by atoms with Crippen LogP contribution in [0.2, 0.25) is 0 Å². The molecule has 0 saturated carbocycles. The summed E-state index contributed by atoms with van der Waals surface area (Å²) >= 11 is 1.30. The molecule has 1 aliphatic rings. The SMILES string of the molecule is CC(Sc1nnc(N2CCCCC2)n1-c1ccccc1)C(=O)Nc1cccc([N+](=O)[O-])c1. The van der Waals surface area contributed by atoms with E-state index in [1.807, 2.05) is 34.9 Å². The molecule has 0 spiro atoms. The number of anilines is 2. The number of nitrogens with one attached hydrogen (secondary N) is 1. The van der Waals surface area contributed by atoms with E-state index in [-0.39, 0.29) is 11.6 Å². The molecule has 0 bridgehead atoms. The highest BCUT2D eigenvalue weighted by Crippen LogP contribution is 2.31. The highest BCUT2D eigenvalue weighted by atomic mass is 32.2. The third kappa shape index (κ3) is 4.91. The molecule has 1 saturated heterocycles. The Hall–Kier alpha value is -3.40. The Kier molecular flexibility index (Phi) is 6.69. The molecule has 0 aliphatic carbocycles. The van der Waals surface area contributed by atoms with Crippen LogP contribution in [0.25, 0.3) is 5.69 Å². The number of amides is 1. The second kappa shape index (κ2) is 9.82. The number of piperidine rings is 1. The highest BCUT2D eigenvalue weighted by Gasteiger charge is 2.25. The minimum absolute atomic E-state index is 0.0712. The van der Waals surface area contributed by atoms with Gasteiger partial charge in [-0.05, 0) is 44.4 Å². The molecule has 0 radical (unpaired) electrons. The number of non-ortho nitro benzene ring substituents is 1. The molecular formula is C22H24N6O3S. The molecule has 1 aromatic heterocycles. The maximum atomic E-state index is 12.8. The van der Waals surface area contributed by atoms with Crippen LogP contribution in [0.5, 0.6) is 0 Å². The topological polar surface area (TPSA) is 106 Å². The van der Waals surface area contributed by atoms with E-state index in [9.17, 15) is 14.9 Å². The number of aromatic nitrogens is 3. The van der Waals surface area contributed by atoms with E-state index in [0.29, 0.717) is 10.8 Å². The van der Waals surface area contributed by atoms with Crippen molar-refractivity contribution in [2.75, 3.05) is 23.3 Å². The van der Waals surface area contributed by atoms with Gasteiger partial charge in [0, 0.05) is 30.9 Å². The monoisotopic (exact) mass is 452 g/mol. The van der Waals surface area contributed by atoms with Crippen LogP contribution in [0.4, 0.5) is 17.3 Å². The van der Waals surface area contributed by atoms with Crippen LogP contribution in [0.15, 0.2) is 59.8 Å². The first-order valence-electron chi connectivity index (χ1n) is 10.5. The molecule has 4 rings (SSSR count). The smallest absolute Gasteiger partial charge is 0.271 e. The minimum Gasteiger partial charge on any atom is -0.341 e. The van der Waals surface area contributed by atoms with Crippen LogP contribution in [0.1, 0.15) is 26.2 Å². The number of thioether (sulfide) groups is 1. The van der Waals surface area contributed by atoms with E-state index >= 15 is 0 Å². The number of nitro groups is 1. The molecule has 166 valence electrons. The zero-order chi connectivity index (χ0) is 22.5. The van der Waals surface area contributed by atoms with Crippen molar-refractivity contribution in [1.29, 1.82) is 0 Å². The van der Waals surface area contributed by atoms with Gasteiger partial charge in [-0.1, -0.05) is 36.0 Å². The van der Waals surface area contributed by atoms with Gasteiger partial charge in [0.25, 0.3) is 5.69 Å². The molecule has 1 aliphatic heterocycles. The number of hydrogen-bond donors (Lipinski definition) is 1. The van der Waals surface area contributed by atoms with Crippen LogP contribution < -0.4 is 10.2 Å². The molecule has 1 unspecified atom stereocenters. The summed E-state index contributed by atoms with van der Waals surface area (Å²) < 4.78 is 1.99. The number of carbonyl (C=O) groups is 1. The average molecular weight is 453 g/mol. The highest BCUT2D eigenvalue weighted by molar-refractivity contribution is 8.00. The number of benzene rings is 2. The van der Waals surface area contributed by atoms with Gasteiger partial charge in [0.15, 0.2) is 5.16 Å². The zero-order valence-electron chi connectivity index (χ0n) is 17.7. The molecule has 1 N–H and O–H groups in total. The third-order valence-corrected chi connectivity index (χ3v) is 6.29. The lowest BCUT2D eigenvalue weighted by Crippen LogP contribution is -2.31. The number of rotatable bonds is 7. The van der Waals surface area contributed by atoms with Crippen LogP contribution in [-0.2, 0) is 4.79 Å².